The molecule has 106 valence electrons. The van der Waals surface area contributed by atoms with E-state index in [1.54, 1.807) is 13.3 Å². The van der Waals surface area contributed by atoms with Gasteiger partial charge in [-0.2, -0.15) is 5.26 Å². The van der Waals surface area contributed by atoms with Crippen molar-refractivity contribution in [3.63, 3.8) is 0 Å². The fourth-order valence-corrected chi connectivity index (χ4v) is 2.85. The molecule has 0 spiro atoms. The Bertz CT molecular complexity index is 640. The molecule has 1 aliphatic carbocycles. The van der Waals surface area contributed by atoms with Gasteiger partial charge in [0.25, 0.3) is 0 Å². The number of pyridine rings is 1. The van der Waals surface area contributed by atoms with Crippen molar-refractivity contribution in [1.82, 2.24) is 4.98 Å². The molecule has 0 aliphatic heterocycles. The topological polar surface area (TPSA) is 57.9 Å². The van der Waals surface area contributed by atoms with E-state index in [9.17, 15) is 5.26 Å². The van der Waals surface area contributed by atoms with Crippen LogP contribution in [0.5, 0.6) is 5.88 Å². The summed E-state index contributed by atoms with van der Waals surface area (Å²) in [6.45, 7) is 0. The van der Waals surface area contributed by atoms with E-state index < -0.39 is 0 Å². The van der Waals surface area contributed by atoms with Crippen molar-refractivity contribution in [3.05, 3.63) is 54.2 Å². The summed E-state index contributed by atoms with van der Waals surface area (Å²) < 4.78 is 5.04. The van der Waals surface area contributed by atoms with Gasteiger partial charge in [-0.25, -0.2) is 4.98 Å². The highest BCUT2D eigenvalue weighted by Crippen LogP contribution is 2.44. The number of aromatic nitrogens is 1. The van der Waals surface area contributed by atoms with Gasteiger partial charge in [0.2, 0.25) is 5.88 Å². The molecule has 0 unspecified atom stereocenters. The Kier molecular flexibility index (Phi) is 3.49. The Morgan fingerprint density at radius 2 is 2.00 bits per heavy atom. The standard InChI is InChI=1S/C17H17N3O/c1-21-16-8-7-14(11-19-16)20-15-9-17(10-15,12-18)13-5-3-2-4-6-13/h2-8,11,15,20H,9-10H2,1H3. The minimum absolute atomic E-state index is 0.306. The minimum Gasteiger partial charge on any atom is -0.481 e. The fraction of sp³-hybridized carbons (Fsp3) is 0.294. The van der Waals surface area contributed by atoms with Crippen LogP contribution in [0.1, 0.15) is 18.4 Å². The number of hydrogen-bond donors (Lipinski definition) is 1. The zero-order chi connectivity index (χ0) is 14.7. The minimum atomic E-state index is -0.348. The summed E-state index contributed by atoms with van der Waals surface area (Å²) in [4.78, 5) is 4.17. The number of nitrogens with zero attached hydrogens (tertiary/aromatic N) is 2. The molecule has 2 aromatic rings. The highest BCUT2D eigenvalue weighted by molar-refractivity contribution is 5.46. The van der Waals surface area contributed by atoms with E-state index in [0.717, 1.165) is 24.1 Å². The Hall–Kier alpha value is -2.54. The second-order valence-corrected chi connectivity index (χ2v) is 5.40. The molecule has 1 heterocycles. The summed E-state index contributed by atoms with van der Waals surface area (Å²) in [5, 5.41) is 13.0. The lowest BCUT2D eigenvalue weighted by molar-refractivity contribution is 0.289. The largest absolute Gasteiger partial charge is 0.481 e. The SMILES string of the molecule is COc1ccc(NC2CC(C#N)(c3ccccc3)C2)cn1. The molecule has 0 bridgehead atoms. The smallest absolute Gasteiger partial charge is 0.213 e. The number of ether oxygens (including phenoxy) is 1. The number of rotatable bonds is 4. The number of methoxy groups -OCH3 is 1. The molecule has 1 fully saturated rings. The van der Waals surface area contributed by atoms with Crippen molar-refractivity contribution in [1.29, 1.82) is 5.26 Å². The van der Waals surface area contributed by atoms with E-state index in [4.69, 9.17) is 4.74 Å². The summed E-state index contributed by atoms with van der Waals surface area (Å²) in [6.07, 6.45) is 3.40. The van der Waals surface area contributed by atoms with Gasteiger partial charge >= 0.3 is 0 Å². The summed E-state index contributed by atoms with van der Waals surface area (Å²) >= 11 is 0. The third kappa shape index (κ3) is 2.55. The average Bonchev–Trinajstić information content (AvgIpc) is 2.52. The molecular formula is C17H17N3O. The molecule has 3 rings (SSSR count). The van der Waals surface area contributed by atoms with Crippen LogP contribution in [0.3, 0.4) is 0 Å². The molecule has 1 N–H and O–H groups in total. The predicted molar refractivity (Wildman–Crippen MR) is 81.2 cm³/mol. The third-order valence-corrected chi connectivity index (χ3v) is 4.05. The molecule has 0 amide bonds. The van der Waals surface area contributed by atoms with Gasteiger partial charge < -0.3 is 10.1 Å². The molecule has 1 aliphatic rings. The zero-order valence-corrected chi connectivity index (χ0v) is 11.9. The summed E-state index contributed by atoms with van der Waals surface area (Å²) in [7, 11) is 1.60. The van der Waals surface area contributed by atoms with Crippen LogP contribution in [0.15, 0.2) is 48.7 Å². The fourth-order valence-electron chi connectivity index (χ4n) is 2.85. The number of nitrogens with one attached hydrogen (secondary N) is 1. The van der Waals surface area contributed by atoms with Crippen molar-refractivity contribution >= 4 is 5.69 Å². The lowest BCUT2D eigenvalue weighted by Crippen LogP contribution is -2.47. The molecule has 21 heavy (non-hydrogen) atoms. The maximum absolute atomic E-state index is 9.54. The maximum atomic E-state index is 9.54. The highest BCUT2D eigenvalue weighted by Gasteiger charge is 2.46. The number of benzene rings is 1. The zero-order valence-electron chi connectivity index (χ0n) is 11.9. The van der Waals surface area contributed by atoms with Gasteiger partial charge in [-0.05, 0) is 24.5 Å². The Morgan fingerprint density at radius 3 is 2.57 bits per heavy atom. The Labute approximate surface area is 124 Å². The number of anilines is 1. The quantitative estimate of drug-likeness (QED) is 0.934. The van der Waals surface area contributed by atoms with Gasteiger partial charge in [0.05, 0.1) is 30.5 Å². The van der Waals surface area contributed by atoms with E-state index in [0.29, 0.717) is 11.9 Å². The van der Waals surface area contributed by atoms with Crippen molar-refractivity contribution in [2.45, 2.75) is 24.3 Å². The second-order valence-electron chi connectivity index (χ2n) is 5.40. The maximum Gasteiger partial charge on any atom is 0.213 e. The Balaban J connectivity index is 1.65. The van der Waals surface area contributed by atoms with E-state index in [2.05, 4.69) is 16.4 Å². The molecule has 4 heteroatoms. The summed E-state index contributed by atoms with van der Waals surface area (Å²) in [6, 6.07) is 16.6. The molecular weight excluding hydrogens is 262 g/mol. The molecule has 0 saturated heterocycles. The van der Waals surface area contributed by atoms with E-state index in [1.165, 1.54) is 0 Å². The van der Waals surface area contributed by atoms with Crippen molar-refractivity contribution in [2.75, 3.05) is 12.4 Å². The van der Waals surface area contributed by atoms with Crippen LogP contribution >= 0.6 is 0 Å². The first-order valence-electron chi connectivity index (χ1n) is 6.99. The van der Waals surface area contributed by atoms with Gasteiger partial charge in [-0.1, -0.05) is 30.3 Å². The average molecular weight is 279 g/mol. The summed E-state index contributed by atoms with van der Waals surface area (Å²) in [5.41, 5.74) is 1.72. The van der Waals surface area contributed by atoms with E-state index >= 15 is 0 Å². The van der Waals surface area contributed by atoms with Crippen LogP contribution in [-0.2, 0) is 5.41 Å². The molecule has 4 nitrogen and oxygen atoms in total. The van der Waals surface area contributed by atoms with Gasteiger partial charge in [-0.15, -0.1) is 0 Å². The number of nitriles is 1. The lowest BCUT2D eigenvalue weighted by Gasteiger charge is -2.43. The van der Waals surface area contributed by atoms with Crippen LogP contribution < -0.4 is 10.1 Å². The van der Waals surface area contributed by atoms with Gasteiger partial charge in [0.15, 0.2) is 0 Å². The first-order valence-corrected chi connectivity index (χ1v) is 6.99. The molecule has 1 aromatic carbocycles. The van der Waals surface area contributed by atoms with Crippen LogP contribution in [0.2, 0.25) is 0 Å². The lowest BCUT2D eigenvalue weighted by atomic mass is 9.62. The first-order chi connectivity index (χ1) is 10.3. The normalized spacial score (nSPS) is 23.7. The molecule has 0 atom stereocenters. The third-order valence-electron chi connectivity index (χ3n) is 4.05. The van der Waals surface area contributed by atoms with Gasteiger partial charge in [0, 0.05) is 12.1 Å². The van der Waals surface area contributed by atoms with Gasteiger partial charge in [-0.3, -0.25) is 0 Å². The number of hydrogen-bond acceptors (Lipinski definition) is 4. The monoisotopic (exact) mass is 279 g/mol. The molecule has 1 saturated carbocycles. The molecule has 0 radical (unpaired) electrons. The second kappa shape index (κ2) is 5.45. The van der Waals surface area contributed by atoms with Crippen molar-refractivity contribution in [3.8, 4) is 11.9 Å². The highest BCUT2D eigenvalue weighted by atomic mass is 16.5. The van der Waals surface area contributed by atoms with Crippen molar-refractivity contribution < 1.29 is 4.74 Å². The van der Waals surface area contributed by atoms with Crippen LogP contribution in [-0.4, -0.2) is 18.1 Å². The van der Waals surface area contributed by atoms with Gasteiger partial charge in [0.1, 0.15) is 0 Å². The Morgan fingerprint density at radius 1 is 1.24 bits per heavy atom. The predicted octanol–water partition coefficient (Wildman–Crippen LogP) is 3.13. The van der Waals surface area contributed by atoms with Crippen molar-refractivity contribution in [2.24, 2.45) is 0 Å². The molecule has 1 aromatic heterocycles. The van der Waals surface area contributed by atoms with E-state index in [1.807, 2.05) is 42.5 Å². The summed E-state index contributed by atoms with van der Waals surface area (Å²) in [5.74, 6) is 0.602. The van der Waals surface area contributed by atoms with Crippen LogP contribution in [0, 0.1) is 11.3 Å². The van der Waals surface area contributed by atoms with Crippen LogP contribution in [0.4, 0.5) is 5.69 Å². The first kappa shape index (κ1) is 13.4. The van der Waals surface area contributed by atoms with Crippen LogP contribution in [0.25, 0.3) is 0 Å². The van der Waals surface area contributed by atoms with E-state index in [-0.39, 0.29) is 5.41 Å².